The minimum atomic E-state index is 0.222. The zero-order chi connectivity index (χ0) is 12.8. The SMILES string of the molecule is CCCC(N)C(CC)n1nc(CC)cc1CC. The van der Waals surface area contributed by atoms with Crippen LogP contribution < -0.4 is 5.73 Å². The van der Waals surface area contributed by atoms with Crippen molar-refractivity contribution in [3.63, 3.8) is 0 Å². The summed E-state index contributed by atoms with van der Waals surface area (Å²) >= 11 is 0. The van der Waals surface area contributed by atoms with E-state index in [1.807, 2.05) is 0 Å². The first-order chi connectivity index (χ1) is 8.17. The minimum Gasteiger partial charge on any atom is -0.326 e. The molecule has 1 aromatic heterocycles. The van der Waals surface area contributed by atoms with Gasteiger partial charge in [0, 0.05) is 11.7 Å². The number of rotatable bonds is 7. The monoisotopic (exact) mass is 237 g/mol. The van der Waals surface area contributed by atoms with Crippen molar-refractivity contribution in [1.29, 1.82) is 0 Å². The lowest BCUT2D eigenvalue weighted by atomic mass is 10.0. The van der Waals surface area contributed by atoms with E-state index in [0.717, 1.165) is 32.1 Å². The Morgan fingerprint density at radius 3 is 2.41 bits per heavy atom. The van der Waals surface area contributed by atoms with Crippen molar-refractivity contribution >= 4 is 0 Å². The third-order valence-electron chi connectivity index (χ3n) is 3.44. The molecule has 0 saturated carbocycles. The minimum absolute atomic E-state index is 0.222. The molecule has 0 aromatic carbocycles. The maximum Gasteiger partial charge on any atom is 0.0670 e. The molecule has 17 heavy (non-hydrogen) atoms. The number of aryl methyl sites for hydroxylation is 2. The van der Waals surface area contributed by atoms with Crippen LogP contribution in [0.5, 0.6) is 0 Å². The molecule has 0 aliphatic heterocycles. The zero-order valence-electron chi connectivity index (χ0n) is 11.7. The lowest BCUT2D eigenvalue weighted by Crippen LogP contribution is -2.33. The van der Waals surface area contributed by atoms with E-state index in [1.165, 1.54) is 11.4 Å². The van der Waals surface area contributed by atoms with Gasteiger partial charge in [-0.1, -0.05) is 34.1 Å². The molecule has 0 aliphatic carbocycles. The molecule has 1 heterocycles. The molecule has 0 amide bonds. The summed E-state index contributed by atoms with van der Waals surface area (Å²) in [4.78, 5) is 0. The Balaban J connectivity index is 2.97. The number of aromatic nitrogens is 2. The molecular weight excluding hydrogens is 210 g/mol. The van der Waals surface area contributed by atoms with Crippen LogP contribution in [0.25, 0.3) is 0 Å². The standard InChI is InChI=1S/C14H27N3/c1-5-9-13(15)14(8-4)17-12(7-3)10-11(6-2)16-17/h10,13-14H,5-9,15H2,1-4H3. The van der Waals surface area contributed by atoms with Crippen LogP contribution in [0.1, 0.15) is 64.4 Å². The molecule has 1 rings (SSSR count). The third-order valence-corrected chi connectivity index (χ3v) is 3.44. The molecule has 2 N–H and O–H groups in total. The Morgan fingerprint density at radius 1 is 1.24 bits per heavy atom. The molecule has 0 saturated heterocycles. The predicted octanol–water partition coefficient (Wildman–Crippen LogP) is 3.09. The van der Waals surface area contributed by atoms with E-state index in [-0.39, 0.29) is 6.04 Å². The fourth-order valence-corrected chi connectivity index (χ4v) is 2.40. The first kappa shape index (κ1) is 14.2. The largest absolute Gasteiger partial charge is 0.326 e. The van der Waals surface area contributed by atoms with E-state index < -0.39 is 0 Å². The summed E-state index contributed by atoms with van der Waals surface area (Å²) in [6.07, 6.45) is 5.30. The van der Waals surface area contributed by atoms with E-state index in [2.05, 4.69) is 38.4 Å². The van der Waals surface area contributed by atoms with Gasteiger partial charge in [0.05, 0.1) is 11.7 Å². The summed E-state index contributed by atoms with van der Waals surface area (Å²) in [6, 6.07) is 2.80. The van der Waals surface area contributed by atoms with Crippen molar-refractivity contribution in [3.05, 3.63) is 17.5 Å². The van der Waals surface area contributed by atoms with E-state index in [4.69, 9.17) is 10.8 Å². The topological polar surface area (TPSA) is 43.8 Å². The maximum atomic E-state index is 6.28. The van der Waals surface area contributed by atoms with Crippen LogP contribution in [0.15, 0.2) is 6.07 Å². The number of nitrogens with two attached hydrogens (primary N) is 1. The first-order valence-corrected chi connectivity index (χ1v) is 7.00. The Kier molecular flexibility index (Phi) is 5.69. The molecule has 0 aliphatic rings. The molecule has 3 heteroatoms. The van der Waals surface area contributed by atoms with Gasteiger partial charge in [0.1, 0.15) is 0 Å². The molecule has 1 aromatic rings. The second-order valence-electron chi connectivity index (χ2n) is 4.71. The lowest BCUT2D eigenvalue weighted by Gasteiger charge is -2.24. The molecule has 0 fully saturated rings. The fourth-order valence-electron chi connectivity index (χ4n) is 2.40. The Bertz CT molecular complexity index is 330. The summed E-state index contributed by atoms with van der Waals surface area (Å²) in [5, 5.41) is 4.71. The second-order valence-corrected chi connectivity index (χ2v) is 4.71. The molecule has 2 unspecified atom stereocenters. The maximum absolute atomic E-state index is 6.28. The number of nitrogens with zero attached hydrogens (tertiary/aromatic N) is 2. The van der Waals surface area contributed by atoms with Crippen LogP contribution in [0.4, 0.5) is 0 Å². The third kappa shape index (κ3) is 3.32. The van der Waals surface area contributed by atoms with E-state index >= 15 is 0 Å². The average Bonchev–Trinajstić information content (AvgIpc) is 2.73. The van der Waals surface area contributed by atoms with Gasteiger partial charge in [0.2, 0.25) is 0 Å². The zero-order valence-corrected chi connectivity index (χ0v) is 11.7. The Labute approximate surface area is 105 Å². The summed E-state index contributed by atoms with van der Waals surface area (Å²) in [7, 11) is 0. The smallest absolute Gasteiger partial charge is 0.0670 e. The Hall–Kier alpha value is -0.830. The van der Waals surface area contributed by atoms with Crippen molar-refractivity contribution in [2.24, 2.45) is 5.73 Å². The van der Waals surface area contributed by atoms with Crippen LogP contribution in [0, 0.1) is 0 Å². The van der Waals surface area contributed by atoms with Gasteiger partial charge >= 0.3 is 0 Å². The van der Waals surface area contributed by atoms with Gasteiger partial charge in [-0.05, 0) is 31.7 Å². The quantitative estimate of drug-likeness (QED) is 0.792. The molecule has 0 radical (unpaired) electrons. The highest BCUT2D eigenvalue weighted by molar-refractivity contribution is 5.11. The lowest BCUT2D eigenvalue weighted by molar-refractivity contribution is 0.341. The molecule has 0 spiro atoms. The summed E-state index contributed by atoms with van der Waals surface area (Å²) in [5.74, 6) is 0. The van der Waals surface area contributed by atoms with E-state index in [0.29, 0.717) is 6.04 Å². The van der Waals surface area contributed by atoms with Gasteiger partial charge in [0.15, 0.2) is 0 Å². The first-order valence-electron chi connectivity index (χ1n) is 7.00. The number of hydrogen-bond donors (Lipinski definition) is 1. The van der Waals surface area contributed by atoms with Crippen LogP contribution in [0.3, 0.4) is 0 Å². The fraction of sp³-hybridized carbons (Fsp3) is 0.786. The van der Waals surface area contributed by atoms with Crippen LogP contribution >= 0.6 is 0 Å². The van der Waals surface area contributed by atoms with Crippen LogP contribution in [0.2, 0.25) is 0 Å². The molecule has 3 nitrogen and oxygen atoms in total. The Morgan fingerprint density at radius 2 is 1.94 bits per heavy atom. The van der Waals surface area contributed by atoms with E-state index in [1.54, 1.807) is 0 Å². The van der Waals surface area contributed by atoms with Crippen LogP contribution in [-0.2, 0) is 12.8 Å². The highest BCUT2D eigenvalue weighted by Crippen LogP contribution is 2.21. The van der Waals surface area contributed by atoms with Gasteiger partial charge in [-0.25, -0.2) is 0 Å². The summed E-state index contributed by atoms with van der Waals surface area (Å²) in [5.41, 5.74) is 8.79. The van der Waals surface area contributed by atoms with Gasteiger partial charge in [-0.3, -0.25) is 4.68 Å². The second kappa shape index (κ2) is 6.80. The van der Waals surface area contributed by atoms with Gasteiger partial charge in [0.25, 0.3) is 0 Å². The van der Waals surface area contributed by atoms with Gasteiger partial charge in [-0.2, -0.15) is 5.10 Å². The average molecular weight is 237 g/mol. The van der Waals surface area contributed by atoms with Crippen molar-refractivity contribution in [3.8, 4) is 0 Å². The molecule has 2 atom stereocenters. The highest BCUT2D eigenvalue weighted by Gasteiger charge is 2.20. The molecule has 98 valence electrons. The van der Waals surface area contributed by atoms with Gasteiger partial charge < -0.3 is 5.73 Å². The van der Waals surface area contributed by atoms with Crippen LogP contribution in [-0.4, -0.2) is 15.8 Å². The van der Waals surface area contributed by atoms with Crippen molar-refractivity contribution in [2.45, 2.75) is 71.9 Å². The van der Waals surface area contributed by atoms with E-state index in [9.17, 15) is 0 Å². The highest BCUT2D eigenvalue weighted by atomic mass is 15.3. The molecular formula is C14H27N3. The normalized spacial score (nSPS) is 14.9. The van der Waals surface area contributed by atoms with Gasteiger partial charge in [-0.15, -0.1) is 0 Å². The summed E-state index contributed by atoms with van der Waals surface area (Å²) in [6.45, 7) is 8.73. The van der Waals surface area contributed by atoms with Crippen molar-refractivity contribution < 1.29 is 0 Å². The molecule has 0 bridgehead atoms. The number of hydrogen-bond acceptors (Lipinski definition) is 2. The predicted molar refractivity (Wildman–Crippen MR) is 73.2 cm³/mol. The van der Waals surface area contributed by atoms with Crippen molar-refractivity contribution in [1.82, 2.24) is 9.78 Å². The van der Waals surface area contributed by atoms with Crippen molar-refractivity contribution in [2.75, 3.05) is 0 Å². The summed E-state index contributed by atoms with van der Waals surface area (Å²) < 4.78 is 2.18.